The van der Waals surface area contributed by atoms with Crippen LogP contribution in [0.2, 0.25) is 0 Å². The van der Waals surface area contributed by atoms with Gasteiger partial charge < -0.3 is 15.4 Å². The number of halogens is 2. The maximum absolute atomic E-state index is 12.1. The molecule has 24 heavy (non-hydrogen) atoms. The lowest BCUT2D eigenvalue weighted by Gasteiger charge is -2.13. The molecule has 1 aromatic heterocycles. The summed E-state index contributed by atoms with van der Waals surface area (Å²) < 4.78 is 5.57. The second-order valence-corrected chi connectivity index (χ2v) is 4.84. The van der Waals surface area contributed by atoms with Gasteiger partial charge in [-0.1, -0.05) is 13.0 Å². The zero-order chi connectivity index (χ0) is 15.8. The molecule has 8 heteroatoms. The highest BCUT2D eigenvalue weighted by Crippen LogP contribution is 2.19. The first kappa shape index (κ1) is 22.1. The van der Waals surface area contributed by atoms with Crippen LogP contribution in [-0.2, 0) is 0 Å². The second kappa shape index (κ2) is 11.6. The number of carbonyl (C=O) groups is 1. The minimum atomic E-state index is -0.130. The first-order valence-electron chi connectivity index (χ1n) is 7.24. The van der Waals surface area contributed by atoms with Crippen molar-refractivity contribution >= 4 is 30.7 Å². The van der Waals surface area contributed by atoms with Crippen molar-refractivity contribution in [2.45, 2.75) is 19.9 Å². The van der Waals surface area contributed by atoms with E-state index in [0.29, 0.717) is 23.7 Å². The number of carbonyl (C=O) groups excluding carboxylic acids is 1. The predicted molar refractivity (Wildman–Crippen MR) is 98.5 cm³/mol. The number of aromatic nitrogens is 2. The summed E-state index contributed by atoms with van der Waals surface area (Å²) >= 11 is 0. The molecule has 6 nitrogen and oxygen atoms in total. The predicted octanol–water partition coefficient (Wildman–Crippen LogP) is 2.84. The first-order valence-corrected chi connectivity index (χ1v) is 7.24. The van der Waals surface area contributed by atoms with E-state index in [2.05, 4.69) is 20.6 Å². The Labute approximate surface area is 154 Å². The molecule has 1 aromatic carbocycles. The van der Waals surface area contributed by atoms with Gasteiger partial charge in [-0.3, -0.25) is 9.78 Å². The number of amides is 1. The average molecular weight is 373 g/mol. The molecule has 1 heterocycles. The fraction of sp³-hybridized carbons (Fsp3) is 0.312. The van der Waals surface area contributed by atoms with Crippen molar-refractivity contribution in [3.8, 4) is 11.6 Å². The van der Waals surface area contributed by atoms with Crippen LogP contribution >= 0.6 is 24.8 Å². The number of rotatable bonds is 7. The van der Waals surface area contributed by atoms with Gasteiger partial charge in [-0.2, -0.15) is 0 Å². The Kier molecular flexibility index (Phi) is 10.7. The minimum Gasteiger partial charge on any atom is -0.437 e. The van der Waals surface area contributed by atoms with E-state index >= 15 is 0 Å². The Bertz CT molecular complexity index is 614. The third-order valence-corrected chi connectivity index (χ3v) is 2.98. The molecule has 2 aromatic rings. The third-order valence-electron chi connectivity index (χ3n) is 2.98. The van der Waals surface area contributed by atoms with E-state index in [1.54, 1.807) is 36.7 Å². The Balaban J connectivity index is 0.00000264. The first-order chi connectivity index (χ1) is 10.7. The fourth-order valence-electron chi connectivity index (χ4n) is 1.93. The smallest absolute Gasteiger partial charge is 0.251 e. The topological polar surface area (TPSA) is 76.1 Å². The average Bonchev–Trinajstić information content (AvgIpc) is 2.54. The van der Waals surface area contributed by atoms with Crippen molar-refractivity contribution in [1.82, 2.24) is 20.6 Å². The third kappa shape index (κ3) is 7.12. The van der Waals surface area contributed by atoms with E-state index in [1.807, 2.05) is 13.8 Å². The number of likely N-dealkylation sites (N-methyl/N-ethyl adjacent to an activating group) is 1. The summed E-state index contributed by atoms with van der Waals surface area (Å²) in [6.07, 6.45) is 4.64. The van der Waals surface area contributed by atoms with Crippen molar-refractivity contribution in [2.75, 3.05) is 13.1 Å². The Morgan fingerprint density at radius 1 is 1.29 bits per heavy atom. The molecule has 132 valence electrons. The summed E-state index contributed by atoms with van der Waals surface area (Å²) in [4.78, 5) is 20.1. The van der Waals surface area contributed by atoms with E-state index in [0.717, 1.165) is 6.54 Å². The summed E-state index contributed by atoms with van der Waals surface area (Å²) in [5.74, 6) is 0.808. The van der Waals surface area contributed by atoms with Gasteiger partial charge in [0.05, 0.1) is 6.20 Å². The highest BCUT2D eigenvalue weighted by Gasteiger charge is 2.09. The standard InChI is InChI=1S/C16H20N4O2.2ClH/c1-3-18-12(2)10-20-16(21)13-5-4-6-14(9-13)22-15-11-17-7-8-19-15;;/h4-9,11-12,18H,3,10H2,1-2H3,(H,20,21);2*1H/t12-;;/m1../s1. The van der Waals surface area contributed by atoms with Gasteiger partial charge in [-0.15, -0.1) is 24.8 Å². The van der Waals surface area contributed by atoms with E-state index in [4.69, 9.17) is 4.74 Å². The summed E-state index contributed by atoms with van der Waals surface area (Å²) in [6, 6.07) is 7.20. The monoisotopic (exact) mass is 372 g/mol. The molecule has 0 aliphatic carbocycles. The van der Waals surface area contributed by atoms with Gasteiger partial charge in [-0.05, 0) is 31.7 Å². The molecule has 1 amide bonds. The van der Waals surface area contributed by atoms with Gasteiger partial charge in [0, 0.05) is 30.5 Å². The highest BCUT2D eigenvalue weighted by molar-refractivity contribution is 5.94. The molecule has 0 fully saturated rings. The van der Waals surface area contributed by atoms with Crippen molar-refractivity contribution in [1.29, 1.82) is 0 Å². The number of nitrogens with one attached hydrogen (secondary N) is 2. The molecule has 0 bridgehead atoms. The Hall–Kier alpha value is -1.89. The number of hydrogen-bond donors (Lipinski definition) is 2. The van der Waals surface area contributed by atoms with Crippen molar-refractivity contribution < 1.29 is 9.53 Å². The van der Waals surface area contributed by atoms with Crippen LogP contribution in [0.1, 0.15) is 24.2 Å². The van der Waals surface area contributed by atoms with Crippen LogP contribution < -0.4 is 15.4 Å². The Morgan fingerprint density at radius 3 is 2.75 bits per heavy atom. The normalized spacial score (nSPS) is 10.8. The second-order valence-electron chi connectivity index (χ2n) is 4.84. The maximum atomic E-state index is 12.1. The molecule has 0 aliphatic rings. The van der Waals surface area contributed by atoms with Crippen molar-refractivity contribution in [2.24, 2.45) is 0 Å². The molecule has 0 saturated heterocycles. The van der Waals surface area contributed by atoms with Crippen molar-refractivity contribution in [3.05, 3.63) is 48.4 Å². The van der Waals surface area contributed by atoms with Gasteiger partial charge in [-0.25, -0.2) is 4.98 Å². The van der Waals surface area contributed by atoms with Crippen LogP contribution in [0.15, 0.2) is 42.9 Å². The van der Waals surface area contributed by atoms with Crippen LogP contribution in [0.5, 0.6) is 11.6 Å². The SMILES string of the molecule is CCN[C@H](C)CNC(=O)c1cccc(Oc2cnccn2)c1.Cl.Cl. The summed E-state index contributed by atoms with van der Waals surface area (Å²) in [5.41, 5.74) is 0.546. The van der Waals surface area contributed by atoms with Crippen LogP contribution in [0.3, 0.4) is 0 Å². The number of benzene rings is 1. The minimum absolute atomic E-state index is 0. The fourth-order valence-corrected chi connectivity index (χ4v) is 1.93. The molecule has 0 spiro atoms. The van der Waals surface area contributed by atoms with Gasteiger partial charge in [0.25, 0.3) is 5.91 Å². The lowest BCUT2D eigenvalue weighted by Crippen LogP contribution is -2.38. The lowest BCUT2D eigenvalue weighted by molar-refractivity contribution is 0.0950. The Morgan fingerprint density at radius 2 is 2.08 bits per heavy atom. The number of hydrogen-bond acceptors (Lipinski definition) is 5. The highest BCUT2D eigenvalue weighted by atomic mass is 35.5. The molecule has 2 N–H and O–H groups in total. The maximum Gasteiger partial charge on any atom is 0.251 e. The largest absolute Gasteiger partial charge is 0.437 e. The van der Waals surface area contributed by atoms with Crippen LogP contribution in [0.4, 0.5) is 0 Å². The lowest BCUT2D eigenvalue weighted by atomic mass is 10.2. The van der Waals surface area contributed by atoms with E-state index in [1.165, 1.54) is 6.20 Å². The molecular formula is C16H22Cl2N4O2. The molecule has 1 atom stereocenters. The molecule has 0 aliphatic heterocycles. The molecule has 2 rings (SSSR count). The summed E-state index contributed by atoms with van der Waals surface area (Å²) in [7, 11) is 0. The summed E-state index contributed by atoms with van der Waals surface area (Å²) in [5, 5.41) is 6.13. The van der Waals surface area contributed by atoms with Gasteiger partial charge in [0.15, 0.2) is 0 Å². The van der Waals surface area contributed by atoms with Crippen molar-refractivity contribution in [3.63, 3.8) is 0 Å². The van der Waals surface area contributed by atoms with E-state index in [-0.39, 0.29) is 36.8 Å². The number of ether oxygens (including phenoxy) is 1. The molecule has 0 radical (unpaired) electrons. The number of nitrogens with zero attached hydrogens (tertiary/aromatic N) is 2. The van der Waals surface area contributed by atoms with E-state index in [9.17, 15) is 4.79 Å². The molecular weight excluding hydrogens is 351 g/mol. The van der Waals surface area contributed by atoms with Gasteiger partial charge >= 0.3 is 0 Å². The van der Waals surface area contributed by atoms with Crippen LogP contribution in [0, 0.1) is 0 Å². The van der Waals surface area contributed by atoms with Crippen LogP contribution in [0.25, 0.3) is 0 Å². The summed E-state index contributed by atoms with van der Waals surface area (Å²) in [6.45, 7) is 5.50. The van der Waals surface area contributed by atoms with Crippen LogP contribution in [-0.4, -0.2) is 35.0 Å². The quantitative estimate of drug-likeness (QED) is 0.781. The molecule has 0 unspecified atom stereocenters. The molecule has 0 saturated carbocycles. The van der Waals surface area contributed by atoms with E-state index < -0.39 is 0 Å². The zero-order valence-electron chi connectivity index (χ0n) is 13.6. The van der Waals surface area contributed by atoms with Gasteiger partial charge in [0.1, 0.15) is 5.75 Å². The van der Waals surface area contributed by atoms with Gasteiger partial charge in [0.2, 0.25) is 5.88 Å². The zero-order valence-corrected chi connectivity index (χ0v) is 15.2.